The first-order chi connectivity index (χ1) is 12.8. The quantitative estimate of drug-likeness (QED) is 0.762. The van der Waals surface area contributed by atoms with Crippen molar-refractivity contribution in [3.63, 3.8) is 0 Å². The van der Waals surface area contributed by atoms with Crippen LogP contribution >= 0.6 is 0 Å². The van der Waals surface area contributed by atoms with Gasteiger partial charge in [-0.05, 0) is 60.6 Å². The molecule has 26 heavy (non-hydrogen) atoms. The molecule has 2 aliphatic heterocycles. The zero-order chi connectivity index (χ0) is 17.8. The SMILES string of the molecule is O=C(/C=C/c1cccnc1)NCC[C@@H]1[C@H]2CN(CC3CCOCC3)C[C@@H]12. The van der Waals surface area contributed by atoms with Gasteiger partial charge in [0.25, 0.3) is 0 Å². The zero-order valence-corrected chi connectivity index (χ0v) is 15.3. The van der Waals surface area contributed by atoms with Crippen LogP contribution in [0.5, 0.6) is 0 Å². The second kappa shape index (κ2) is 8.31. The smallest absolute Gasteiger partial charge is 0.244 e. The molecular formula is C21H29N3O2. The standard InChI is InChI=1S/C21H29N3O2/c25-21(4-3-16-2-1-8-22-12-16)23-9-5-18-19-14-24(15-20(18)19)13-17-6-10-26-11-7-17/h1-4,8,12,17-20H,5-7,9-11,13-15H2,(H,23,25)/b4-3+/t18-,19-,20+. The lowest BCUT2D eigenvalue weighted by Gasteiger charge is -2.28. The van der Waals surface area contributed by atoms with Crippen LogP contribution in [0.4, 0.5) is 0 Å². The van der Waals surface area contributed by atoms with E-state index in [1.807, 2.05) is 18.2 Å². The molecule has 1 aromatic heterocycles. The normalized spacial score (nSPS) is 29.0. The number of pyridine rings is 1. The fourth-order valence-electron chi connectivity index (χ4n) is 4.68. The number of hydrogen-bond donors (Lipinski definition) is 1. The van der Waals surface area contributed by atoms with E-state index in [1.54, 1.807) is 18.5 Å². The molecule has 0 unspecified atom stereocenters. The molecule has 5 nitrogen and oxygen atoms in total. The number of likely N-dealkylation sites (tertiary alicyclic amines) is 1. The minimum atomic E-state index is -0.0131. The number of piperidine rings is 1. The first kappa shape index (κ1) is 17.7. The molecule has 3 heterocycles. The van der Waals surface area contributed by atoms with Crippen LogP contribution in [0.25, 0.3) is 6.08 Å². The molecule has 2 saturated heterocycles. The van der Waals surface area contributed by atoms with Gasteiger partial charge in [-0.3, -0.25) is 9.78 Å². The number of aromatic nitrogens is 1. The third-order valence-corrected chi connectivity index (χ3v) is 6.19. The molecule has 1 amide bonds. The van der Waals surface area contributed by atoms with Gasteiger partial charge in [0.15, 0.2) is 0 Å². The summed E-state index contributed by atoms with van der Waals surface area (Å²) < 4.78 is 5.46. The molecule has 1 saturated carbocycles. The van der Waals surface area contributed by atoms with Crippen LogP contribution in [-0.2, 0) is 9.53 Å². The number of carbonyl (C=O) groups is 1. The van der Waals surface area contributed by atoms with Gasteiger partial charge in [-0.25, -0.2) is 0 Å². The summed E-state index contributed by atoms with van der Waals surface area (Å²) in [6.45, 7) is 6.47. The number of nitrogens with zero attached hydrogens (tertiary/aromatic N) is 2. The largest absolute Gasteiger partial charge is 0.381 e. The van der Waals surface area contributed by atoms with Gasteiger partial charge in [0.2, 0.25) is 5.91 Å². The van der Waals surface area contributed by atoms with Crippen LogP contribution in [0.15, 0.2) is 30.6 Å². The Morgan fingerprint density at radius 1 is 1.31 bits per heavy atom. The molecule has 3 fully saturated rings. The summed E-state index contributed by atoms with van der Waals surface area (Å²) in [5.41, 5.74) is 0.948. The fraction of sp³-hybridized carbons (Fsp3) is 0.619. The number of rotatable bonds is 7. The molecule has 0 radical (unpaired) electrons. The molecule has 0 spiro atoms. The Kier molecular flexibility index (Phi) is 5.65. The predicted molar refractivity (Wildman–Crippen MR) is 101 cm³/mol. The summed E-state index contributed by atoms with van der Waals surface area (Å²) >= 11 is 0. The summed E-state index contributed by atoms with van der Waals surface area (Å²) in [6.07, 6.45) is 10.5. The van der Waals surface area contributed by atoms with Crippen LogP contribution in [0.2, 0.25) is 0 Å². The third kappa shape index (κ3) is 4.51. The van der Waals surface area contributed by atoms with Crippen molar-refractivity contribution in [3.05, 3.63) is 36.2 Å². The maximum absolute atomic E-state index is 11.9. The molecule has 4 rings (SSSR count). The van der Waals surface area contributed by atoms with Gasteiger partial charge < -0.3 is 15.0 Å². The Morgan fingerprint density at radius 3 is 2.85 bits per heavy atom. The van der Waals surface area contributed by atoms with Crippen LogP contribution in [0.3, 0.4) is 0 Å². The summed E-state index contributed by atoms with van der Waals surface area (Å²) in [5, 5.41) is 3.02. The third-order valence-electron chi connectivity index (χ3n) is 6.19. The van der Waals surface area contributed by atoms with E-state index in [0.29, 0.717) is 0 Å². The van der Waals surface area contributed by atoms with Crippen molar-refractivity contribution in [2.45, 2.75) is 19.3 Å². The Labute approximate surface area is 155 Å². The van der Waals surface area contributed by atoms with Gasteiger partial charge in [-0.2, -0.15) is 0 Å². The van der Waals surface area contributed by atoms with Crippen molar-refractivity contribution in [3.8, 4) is 0 Å². The molecule has 3 aliphatic rings. The molecular weight excluding hydrogens is 326 g/mol. The second-order valence-corrected chi connectivity index (χ2v) is 7.97. The highest BCUT2D eigenvalue weighted by Gasteiger charge is 2.54. The van der Waals surface area contributed by atoms with Crippen molar-refractivity contribution in [1.82, 2.24) is 15.2 Å². The Morgan fingerprint density at radius 2 is 2.12 bits per heavy atom. The van der Waals surface area contributed by atoms with Gasteiger partial charge in [0.1, 0.15) is 0 Å². The maximum Gasteiger partial charge on any atom is 0.244 e. The van der Waals surface area contributed by atoms with E-state index in [4.69, 9.17) is 4.74 Å². The van der Waals surface area contributed by atoms with Crippen LogP contribution in [0, 0.1) is 23.7 Å². The first-order valence-electron chi connectivity index (χ1n) is 9.95. The molecule has 1 N–H and O–H groups in total. The van der Waals surface area contributed by atoms with Gasteiger partial charge in [0, 0.05) is 57.9 Å². The highest BCUT2D eigenvalue weighted by atomic mass is 16.5. The van der Waals surface area contributed by atoms with E-state index in [-0.39, 0.29) is 5.91 Å². The second-order valence-electron chi connectivity index (χ2n) is 7.97. The lowest BCUT2D eigenvalue weighted by molar-refractivity contribution is -0.116. The minimum absolute atomic E-state index is 0.0131. The van der Waals surface area contributed by atoms with Crippen molar-refractivity contribution >= 4 is 12.0 Å². The molecule has 0 bridgehead atoms. The Bertz CT molecular complexity index is 615. The van der Waals surface area contributed by atoms with Crippen molar-refractivity contribution < 1.29 is 9.53 Å². The Hall–Kier alpha value is -1.72. The summed E-state index contributed by atoms with van der Waals surface area (Å²) in [6, 6.07) is 3.81. The van der Waals surface area contributed by atoms with E-state index in [9.17, 15) is 4.79 Å². The predicted octanol–water partition coefficient (Wildman–Crippen LogP) is 2.21. The fourth-order valence-corrected chi connectivity index (χ4v) is 4.68. The molecule has 3 atom stereocenters. The van der Waals surface area contributed by atoms with Gasteiger partial charge >= 0.3 is 0 Å². The molecule has 140 valence electrons. The first-order valence-corrected chi connectivity index (χ1v) is 9.95. The maximum atomic E-state index is 11.9. The molecule has 1 aromatic rings. The summed E-state index contributed by atoms with van der Waals surface area (Å²) in [7, 11) is 0. The van der Waals surface area contributed by atoms with Gasteiger partial charge in [-0.15, -0.1) is 0 Å². The molecule has 5 heteroatoms. The number of hydrogen-bond acceptors (Lipinski definition) is 4. The van der Waals surface area contributed by atoms with Crippen molar-refractivity contribution in [2.24, 2.45) is 23.7 Å². The number of fused-ring (bicyclic) bond motifs is 1. The highest BCUT2D eigenvalue weighted by molar-refractivity contribution is 5.91. The number of ether oxygens (including phenoxy) is 1. The topological polar surface area (TPSA) is 54.5 Å². The van der Waals surface area contributed by atoms with Crippen LogP contribution < -0.4 is 5.32 Å². The number of nitrogens with one attached hydrogen (secondary N) is 1. The number of amides is 1. The monoisotopic (exact) mass is 355 g/mol. The zero-order valence-electron chi connectivity index (χ0n) is 15.3. The summed E-state index contributed by atoms with van der Waals surface area (Å²) in [5.74, 6) is 3.39. The van der Waals surface area contributed by atoms with E-state index in [0.717, 1.165) is 55.4 Å². The minimum Gasteiger partial charge on any atom is -0.381 e. The van der Waals surface area contributed by atoms with E-state index in [1.165, 1.54) is 32.5 Å². The molecule has 0 aromatic carbocycles. The van der Waals surface area contributed by atoms with Gasteiger partial charge in [-0.1, -0.05) is 6.07 Å². The lowest BCUT2D eigenvalue weighted by atomic mass is 9.99. The average molecular weight is 355 g/mol. The highest BCUT2D eigenvalue weighted by Crippen LogP contribution is 2.53. The lowest BCUT2D eigenvalue weighted by Crippen LogP contribution is -2.33. The van der Waals surface area contributed by atoms with Crippen molar-refractivity contribution in [2.75, 3.05) is 39.4 Å². The average Bonchev–Trinajstić information content (AvgIpc) is 3.12. The van der Waals surface area contributed by atoms with Crippen LogP contribution in [0.1, 0.15) is 24.8 Å². The Balaban J connectivity index is 1.10. The van der Waals surface area contributed by atoms with E-state index >= 15 is 0 Å². The molecule has 1 aliphatic carbocycles. The van der Waals surface area contributed by atoms with E-state index < -0.39 is 0 Å². The summed E-state index contributed by atoms with van der Waals surface area (Å²) in [4.78, 5) is 18.6. The van der Waals surface area contributed by atoms with Crippen molar-refractivity contribution in [1.29, 1.82) is 0 Å². The van der Waals surface area contributed by atoms with E-state index in [2.05, 4.69) is 15.2 Å². The van der Waals surface area contributed by atoms with Gasteiger partial charge in [0.05, 0.1) is 0 Å². The number of carbonyl (C=O) groups excluding carboxylic acids is 1. The van der Waals surface area contributed by atoms with Crippen LogP contribution in [-0.4, -0.2) is 55.2 Å².